The maximum absolute atomic E-state index is 4.35. The Bertz CT molecular complexity index is 644. The summed E-state index contributed by atoms with van der Waals surface area (Å²) in [5, 5.41) is 10.9. The van der Waals surface area contributed by atoms with E-state index < -0.39 is 0 Å². The van der Waals surface area contributed by atoms with Gasteiger partial charge in [-0.05, 0) is 23.8 Å². The van der Waals surface area contributed by atoms with Crippen molar-refractivity contribution >= 4 is 11.3 Å². The quantitative estimate of drug-likeness (QED) is 0.760. The average Bonchev–Trinajstić information content (AvgIpc) is 3.21. The number of aromatic nitrogens is 3. The highest BCUT2D eigenvalue weighted by Crippen LogP contribution is 2.16. The molecule has 1 atom stereocenters. The van der Waals surface area contributed by atoms with Gasteiger partial charge >= 0.3 is 0 Å². The van der Waals surface area contributed by atoms with E-state index in [2.05, 4.69) is 46.6 Å². The summed E-state index contributed by atoms with van der Waals surface area (Å²) in [7, 11) is 0. The summed E-state index contributed by atoms with van der Waals surface area (Å²) in [5.74, 6) is 0.452. The van der Waals surface area contributed by atoms with Crippen molar-refractivity contribution in [2.75, 3.05) is 6.54 Å². The summed E-state index contributed by atoms with van der Waals surface area (Å²) in [6.45, 7) is 4.01. The summed E-state index contributed by atoms with van der Waals surface area (Å²) in [6.07, 6.45) is 5.60. The van der Waals surface area contributed by atoms with E-state index in [0.717, 1.165) is 18.8 Å². The lowest BCUT2D eigenvalue weighted by Crippen LogP contribution is -2.19. The SMILES string of the molecule is CC(CNCc1ccc(-n2cccn2)cc1)c1nccs1. The fourth-order valence-electron chi connectivity index (χ4n) is 2.19. The van der Waals surface area contributed by atoms with Crippen LogP contribution in [0, 0.1) is 0 Å². The number of hydrogen-bond acceptors (Lipinski definition) is 4. The molecule has 0 aliphatic heterocycles. The lowest BCUT2D eigenvalue weighted by atomic mass is 10.1. The molecule has 5 heteroatoms. The van der Waals surface area contributed by atoms with Crippen LogP contribution < -0.4 is 5.32 Å². The number of hydrogen-bond donors (Lipinski definition) is 1. The predicted octanol–water partition coefficient (Wildman–Crippen LogP) is 3.22. The zero-order chi connectivity index (χ0) is 14.5. The van der Waals surface area contributed by atoms with Crippen molar-refractivity contribution in [2.24, 2.45) is 0 Å². The van der Waals surface area contributed by atoms with Crippen molar-refractivity contribution in [3.63, 3.8) is 0 Å². The summed E-state index contributed by atoms with van der Waals surface area (Å²) < 4.78 is 1.86. The van der Waals surface area contributed by atoms with Crippen LogP contribution in [0.3, 0.4) is 0 Å². The predicted molar refractivity (Wildman–Crippen MR) is 85.8 cm³/mol. The summed E-state index contributed by atoms with van der Waals surface area (Å²) in [4.78, 5) is 4.35. The fourth-order valence-corrected chi connectivity index (χ4v) is 2.88. The Kier molecular flexibility index (Phi) is 4.43. The molecule has 0 amide bonds. The Balaban J connectivity index is 1.52. The summed E-state index contributed by atoms with van der Waals surface area (Å²) in [6, 6.07) is 10.4. The topological polar surface area (TPSA) is 42.7 Å². The van der Waals surface area contributed by atoms with E-state index in [9.17, 15) is 0 Å². The molecule has 0 fully saturated rings. The molecule has 0 saturated carbocycles. The number of nitrogens with one attached hydrogen (secondary N) is 1. The lowest BCUT2D eigenvalue weighted by molar-refractivity contribution is 0.613. The number of rotatable bonds is 6. The van der Waals surface area contributed by atoms with Gasteiger partial charge in [0.1, 0.15) is 0 Å². The molecule has 108 valence electrons. The maximum atomic E-state index is 4.35. The van der Waals surface area contributed by atoms with Gasteiger partial charge in [-0.3, -0.25) is 0 Å². The van der Waals surface area contributed by atoms with Gasteiger partial charge in [0.2, 0.25) is 0 Å². The smallest absolute Gasteiger partial charge is 0.0965 e. The standard InChI is InChI=1S/C16H18N4S/c1-13(16-18-8-10-21-16)11-17-12-14-3-5-15(6-4-14)20-9-2-7-19-20/h2-10,13,17H,11-12H2,1H3. The zero-order valence-electron chi connectivity index (χ0n) is 11.9. The highest BCUT2D eigenvalue weighted by Gasteiger charge is 2.07. The lowest BCUT2D eigenvalue weighted by Gasteiger charge is -2.10. The molecule has 3 aromatic rings. The Morgan fingerprint density at radius 2 is 2.10 bits per heavy atom. The van der Waals surface area contributed by atoms with Gasteiger partial charge in [-0.15, -0.1) is 11.3 Å². The Hall–Kier alpha value is -1.98. The van der Waals surface area contributed by atoms with Crippen molar-refractivity contribution in [3.8, 4) is 5.69 Å². The van der Waals surface area contributed by atoms with Crippen LogP contribution in [0.15, 0.2) is 54.3 Å². The molecule has 21 heavy (non-hydrogen) atoms. The molecule has 1 N–H and O–H groups in total. The van der Waals surface area contributed by atoms with E-state index in [0.29, 0.717) is 5.92 Å². The van der Waals surface area contributed by atoms with Crippen LogP contribution in [0.25, 0.3) is 5.69 Å². The van der Waals surface area contributed by atoms with Crippen molar-refractivity contribution in [1.82, 2.24) is 20.1 Å². The first-order chi connectivity index (χ1) is 10.3. The Morgan fingerprint density at radius 3 is 2.76 bits per heavy atom. The van der Waals surface area contributed by atoms with Crippen LogP contribution in [-0.4, -0.2) is 21.3 Å². The second kappa shape index (κ2) is 6.65. The van der Waals surface area contributed by atoms with Crippen LogP contribution in [0.2, 0.25) is 0 Å². The van der Waals surface area contributed by atoms with Crippen molar-refractivity contribution < 1.29 is 0 Å². The molecule has 0 aliphatic rings. The number of thiazole rings is 1. The van der Waals surface area contributed by atoms with E-state index in [-0.39, 0.29) is 0 Å². The van der Waals surface area contributed by atoms with Gasteiger partial charge < -0.3 is 5.32 Å². The first-order valence-corrected chi connectivity index (χ1v) is 7.90. The molecule has 0 saturated heterocycles. The second-order valence-electron chi connectivity index (χ2n) is 5.02. The molecule has 0 aliphatic carbocycles. The molecule has 2 heterocycles. The molecule has 0 bridgehead atoms. The zero-order valence-corrected chi connectivity index (χ0v) is 12.8. The van der Waals surface area contributed by atoms with Gasteiger partial charge in [0.25, 0.3) is 0 Å². The van der Waals surface area contributed by atoms with Crippen molar-refractivity contribution in [2.45, 2.75) is 19.4 Å². The Labute approximate surface area is 128 Å². The number of nitrogens with zero attached hydrogens (tertiary/aromatic N) is 3. The average molecular weight is 298 g/mol. The van der Waals surface area contributed by atoms with Crippen molar-refractivity contribution in [3.05, 3.63) is 64.9 Å². The third-order valence-corrected chi connectivity index (χ3v) is 4.36. The minimum atomic E-state index is 0.452. The first kappa shape index (κ1) is 14.0. The van der Waals surface area contributed by atoms with E-state index in [4.69, 9.17) is 0 Å². The minimum Gasteiger partial charge on any atom is -0.312 e. The third-order valence-electron chi connectivity index (χ3n) is 3.36. The van der Waals surface area contributed by atoms with Crippen LogP contribution in [0.4, 0.5) is 0 Å². The summed E-state index contributed by atoms with van der Waals surface area (Å²) >= 11 is 1.72. The van der Waals surface area contributed by atoms with Gasteiger partial charge in [-0.2, -0.15) is 5.10 Å². The highest BCUT2D eigenvalue weighted by molar-refractivity contribution is 7.09. The van der Waals surface area contributed by atoms with Gasteiger partial charge in [0, 0.05) is 43.0 Å². The molecule has 4 nitrogen and oxygen atoms in total. The normalized spacial score (nSPS) is 12.4. The molecule has 2 aromatic heterocycles. The third kappa shape index (κ3) is 3.56. The largest absolute Gasteiger partial charge is 0.312 e. The Morgan fingerprint density at radius 1 is 1.24 bits per heavy atom. The van der Waals surface area contributed by atoms with Gasteiger partial charge in [-0.25, -0.2) is 9.67 Å². The van der Waals surface area contributed by atoms with Crippen LogP contribution in [0.1, 0.15) is 23.4 Å². The van der Waals surface area contributed by atoms with E-state index in [1.807, 2.05) is 28.5 Å². The van der Waals surface area contributed by atoms with E-state index in [1.54, 1.807) is 17.5 Å². The molecule has 0 spiro atoms. The fraction of sp³-hybridized carbons (Fsp3) is 0.250. The molecular weight excluding hydrogens is 280 g/mol. The molecule has 0 radical (unpaired) electrons. The van der Waals surface area contributed by atoms with Crippen molar-refractivity contribution in [1.29, 1.82) is 0 Å². The number of benzene rings is 1. The molecule has 1 aromatic carbocycles. The van der Waals surface area contributed by atoms with E-state index in [1.165, 1.54) is 10.6 Å². The van der Waals surface area contributed by atoms with Crippen LogP contribution in [-0.2, 0) is 6.54 Å². The summed E-state index contributed by atoms with van der Waals surface area (Å²) in [5.41, 5.74) is 2.36. The molecule has 3 rings (SSSR count). The van der Waals surface area contributed by atoms with Gasteiger partial charge in [0.05, 0.1) is 10.7 Å². The van der Waals surface area contributed by atoms with Crippen LogP contribution >= 0.6 is 11.3 Å². The molecule has 1 unspecified atom stereocenters. The van der Waals surface area contributed by atoms with E-state index >= 15 is 0 Å². The highest BCUT2D eigenvalue weighted by atomic mass is 32.1. The molecular formula is C16H18N4S. The van der Waals surface area contributed by atoms with Crippen LogP contribution in [0.5, 0.6) is 0 Å². The second-order valence-corrected chi connectivity index (χ2v) is 5.95. The van der Waals surface area contributed by atoms with Gasteiger partial charge in [-0.1, -0.05) is 19.1 Å². The monoisotopic (exact) mass is 298 g/mol. The van der Waals surface area contributed by atoms with Gasteiger partial charge in [0.15, 0.2) is 0 Å². The minimum absolute atomic E-state index is 0.452. The first-order valence-electron chi connectivity index (χ1n) is 7.02. The maximum Gasteiger partial charge on any atom is 0.0965 e.